The molecule has 0 bridgehead atoms. The van der Waals surface area contributed by atoms with Crippen molar-refractivity contribution >= 4 is 5.91 Å². The molecule has 1 N–H and O–H groups in total. The van der Waals surface area contributed by atoms with Gasteiger partial charge < -0.3 is 4.90 Å². The Morgan fingerprint density at radius 1 is 1.10 bits per heavy atom. The number of hydrogen-bond donors (Lipinski definition) is 1. The third-order valence-electron chi connectivity index (χ3n) is 4.73. The van der Waals surface area contributed by atoms with Crippen molar-refractivity contribution in [2.75, 3.05) is 0 Å². The Morgan fingerprint density at radius 3 is 2.05 bits per heavy atom. The lowest BCUT2D eigenvalue weighted by Gasteiger charge is -2.36. The SMILES string of the molecule is CCC(CC)C(C)N1C(=O)C(CC(C)C)NC1C(C)C. The molecular formula is C17H34N2O. The van der Waals surface area contributed by atoms with Crippen molar-refractivity contribution in [1.29, 1.82) is 0 Å². The standard InChI is InChI=1S/C17H34N2O/c1-8-14(9-2)13(7)19-16(12(5)6)18-15(17(19)20)10-11(3)4/h11-16,18H,8-10H2,1-7H3. The molecule has 3 unspecified atom stereocenters. The first-order valence-corrected chi connectivity index (χ1v) is 8.41. The van der Waals surface area contributed by atoms with Crippen molar-refractivity contribution < 1.29 is 4.79 Å². The molecule has 0 spiro atoms. The molecule has 1 rings (SSSR count). The van der Waals surface area contributed by atoms with E-state index in [4.69, 9.17) is 0 Å². The predicted molar refractivity (Wildman–Crippen MR) is 85.4 cm³/mol. The van der Waals surface area contributed by atoms with Gasteiger partial charge in [0.25, 0.3) is 0 Å². The van der Waals surface area contributed by atoms with E-state index in [9.17, 15) is 4.79 Å². The van der Waals surface area contributed by atoms with Crippen LogP contribution in [0.3, 0.4) is 0 Å². The van der Waals surface area contributed by atoms with Crippen LogP contribution in [0, 0.1) is 17.8 Å². The molecule has 3 heteroatoms. The maximum atomic E-state index is 12.8. The summed E-state index contributed by atoms with van der Waals surface area (Å²) in [4.78, 5) is 14.9. The Bertz CT molecular complexity index is 310. The van der Waals surface area contributed by atoms with Gasteiger partial charge in [0.05, 0.1) is 12.2 Å². The second-order valence-corrected chi connectivity index (χ2v) is 7.10. The third-order valence-corrected chi connectivity index (χ3v) is 4.73. The Labute approximate surface area is 125 Å². The van der Waals surface area contributed by atoms with Gasteiger partial charge in [-0.15, -0.1) is 0 Å². The summed E-state index contributed by atoms with van der Waals surface area (Å²) in [6.07, 6.45) is 3.41. The van der Waals surface area contributed by atoms with Gasteiger partial charge in [0.15, 0.2) is 0 Å². The molecule has 3 atom stereocenters. The van der Waals surface area contributed by atoms with Crippen molar-refractivity contribution in [3.8, 4) is 0 Å². The van der Waals surface area contributed by atoms with Crippen LogP contribution in [-0.2, 0) is 4.79 Å². The van der Waals surface area contributed by atoms with Crippen molar-refractivity contribution in [3.63, 3.8) is 0 Å². The van der Waals surface area contributed by atoms with E-state index >= 15 is 0 Å². The molecule has 0 aromatic carbocycles. The highest BCUT2D eigenvalue weighted by atomic mass is 16.2. The molecule has 0 radical (unpaired) electrons. The van der Waals surface area contributed by atoms with Crippen LogP contribution >= 0.6 is 0 Å². The summed E-state index contributed by atoms with van der Waals surface area (Å²) in [5, 5.41) is 3.58. The van der Waals surface area contributed by atoms with Gasteiger partial charge >= 0.3 is 0 Å². The number of rotatable bonds is 7. The second-order valence-electron chi connectivity index (χ2n) is 7.10. The Morgan fingerprint density at radius 2 is 1.65 bits per heavy atom. The van der Waals surface area contributed by atoms with Gasteiger partial charge in [-0.25, -0.2) is 0 Å². The average Bonchev–Trinajstić information content (AvgIpc) is 2.67. The molecule has 0 aromatic rings. The van der Waals surface area contributed by atoms with Crippen LogP contribution in [0.25, 0.3) is 0 Å². The smallest absolute Gasteiger partial charge is 0.241 e. The van der Waals surface area contributed by atoms with Crippen molar-refractivity contribution in [1.82, 2.24) is 10.2 Å². The van der Waals surface area contributed by atoms with Crippen LogP contribution in [0.15, 0.2) is 0 Å². The van der Waals surface area contributed by atoms with Crippen LogP contribution in [0.4, 0.5) is 0 Å². The van der Waals surface area contributed by atoms with Gasteiger partial charge in [-0.3, -0.25) is 10.1 Å². The maximum Gasteiger partial charge on any atom is 0.241 e. The monoisotopic (exact) mass is 282 g/mol. The number of carbonyl (C=O) groups excluding carboxylic acids is 1. The number of nitrogens with zero attached hydrogens (tertiary/aromatic N) is 1. The third kappa shape index (κ3) is 3.75. The van der Waals surface area contributed by atoms with Gasteiger partial charge in [0.2, 0.25) is 5.91 Å². The van der Waals surface area contributed by atoms with E-state index in [-0.39, 0.29) is 12.2 Å². The Kier molecular flexibility index (Phi) is 6.50. The molecule has 3 nitrogen and oxygen atoms in total. The average molecular weight is 282 g/mol. The van der Waals surface area contributed by atoms with E-state index in [0.717, 1.165) is 19.3 Å². The minimum Gasteiger partial charge on any atom is -0.323 e. The molecule has 1 amide bonds. The lowest BCUT2D eigenvalue weighted by Crippen LogP contribution is -2.48. The van der Waals surface area contributed by atoms with Gasteiger partial charge in [-0.05, 0) is 31.1 Å². The van der Waals surface area contributed by atoms with Crippen molar-refractivity contribution in [2.24, 2.45) is 17.8 Å². The highest BCUT2D eigenvalue weighted by Crippen LogP contribution is 2.28. The summed E-state index contributed by atoms with van der Waals surface area (Å²) in [6.45, 7) is 15.5. The molecule has 118 valence electrons. The summed E-state index contributed by atoms with van der Waals surface area (Å²) < 4.78 is 0. The van der Waals surface area contributed by atoms with E-state index in [1.807, 2.05) is 0 Å². The predicted octanol–water partition coefficient (Wildman–Crippen LogP) is 3.64. The lowest BCUT2D eigenvalue weighted by molar-refractivity contribution is -0.134. The van der Waals surface area contributed by atoms with E-state index in [1.165, 1.54) is 0 Å². The van der Waals surface area contributed by atoms with Crippen LogP contribution in [0.5, 0.6) is 0 Å². The highest BCUT2D eigenvalue weighted by molar-refractivity contribution is 5.84. The van der Waals surface area contributed by atoms with Crippen LogP contribution < -0.4 is 5.32 Å². The Hall–Kier alpha value is -0.570. The fraction of sp³-hybridized carbons (Fsp3) is 0.941. The minimum atomic E-state index is 0.0132. The molecule has 0 saturated carbocycles. The number of amides is 1. The van der Waals surface area contributed by atoms with E-state index in [2.05, 4.69) is 58.7 Å². The van der Waals surface area contributed by atoms with Crippen LogP contribution in [0.1, 0.15) is 67.7 Å². The summed E-state index contributed by atoms with van der Waals surface area (Å²) in [5.74, 6) is 1.91. The largest absolute Gasteiger partial charge is 0.323 e. The van der Waals surface area contributed by atoms with E-state index < -0.39 is 0 Å². The first kappa shape index (κ1) is 17.5. The molecule has 20 heavy (non-hydrogen) atoms. The number of nitrogens with one attached hydrogen (secondary N) is 1. The number of hydrogen-bond acceptors (Lipinski definition) is 2. The topological polar surface area (TPSA) is 32.3 Å². The fourth-order valence-corrected chi connectivity index (χ4v) is 3.48. The summed E-state index contributed by atoms with van der Waals surface area (Å²) >= 11 is 0. The molecule has 1 fully saturated rings. The van der Waals surface area contributed by atoms with Gasteiger partial charge in [0.1, 0.15) is 0 Å². The normalized spacial score (nSPS) is 25.3. The summed E-state index contributed by atoms with van der Waals surface area (Å²) in [5.41, 5.74) is 0. The molecule has 1 heterocycles. The van der Waals surface area contributed by atoms with Gasteiger partial charge in [-0.2, -0.15) is 0 Å². The minimum absolute atomic E-state index is 0.0132. The molecule has 1 aliphatic rings. The van der Waals surface area contributed by atoms with Crippen molar-refractivity contribution in [2.45, 2.75) is 86.0 Å². The highest BCUT2D eigenvalue weighted by Gasteiger charge is 2.43. The molecule has 1 saturated heterocycles. The molecular weight excluding hydrogens is 248 g/mol. The van der Waals surface area contributed by atoms with Crippen molar-refractivity contribution in [3.05, 3.63) is 0 Å². The summed E-state index contributed by atoms with van der Waals surface area (Å²) in [7, 11) is 0. The zero-order valence-corrected chi connectivity index (χ0v) is 14.4. The zero-order chi connectivity index (χ0) is 15.4. The molecule has 0 aliphatic carbocycles. The second kappa shape index (κ2) is 7.44. The first-order valence-electron chi connectivity index (χ1n) is 8.41. The lowest BCUT2D eigenvalue weighted by atomic mass is 9.93. The summed E-state index contributed by atoms with van der Waals surface area (Å²) in [6, 6.07) is 0.341. The Balaban J connectivity index is 2.92. The number of carbonyl (C=O) groups is 1. The molecule has 1 aliphatic heterocycles. The zero-order valence-electron chi connectivity index (χ0n) is 14.4. The van der Waals surface area contributed by atoms with E-state index in [0.29, 0.717) is 29.7 Å². The fourth-order valence-electron chi connectivity index (χ4n) is 3.48. The quantitative estimate of drug-likeness (QED) is 0.773. The van der Waals surface area contributed by atoms with Gasteiger partial charge in [-0.1, -0.05) is 54.4 Å². The first-order chi connectivity index (χ1) is 9.33. The van der Waals surface area contributed by atoms with Crippen LogP contribution in [0.2, 0.25) is 0 Å². The van der Waals surface area contributed by atoms with E-state index in [1.54, 1.807) is 0 Å². The van der Waals surface area contributed by atoms with Gasteiger partial charge in [0, 0.05) is 6.04 Å². The van der Waals surface area contributed by atoms with Crippen LogP contribution in [-0.4, -0.2) is 29.1 Å². The maximum absolute atomic E-state index is 12.8. The molecule has 0 aromatic heterocycles.